The fourth-order valence-corrected chi connectivity index (χ4v) is 7.38. The largest absolute Gasteiger partial charge is 0.444 e. The van der Waals surface area contributed by atoms with Gasteiger partial charge in [0.05, 0.1) is 54.2 Å². The van der Waals surface area contributed by atoms with E-state index in [4.69, 9.17) is 21.1 Å². The number of benzene rings is 1. The topological polar surface area (TPSA) is 119 Å². The molecule has 50 heavy (non-hydrogen) atoms. The van der Waals surface area contributed by atoms with Gasteiger partial charge in [0.25, 0.3) is 5.56 Å². The van der Waals surface area contributed by atoms with Gasteiger partial charge in [-0.1, -0.05) is 37.6 Å². The fraction of sp³-hybridized carbons (Fsp3) is 0.600. The molecule has 6 rings (SSSR count). The summed E-state index contributed by atoms with van der Waals surface area (Å²) in [4.78, 5) is 47.3. The lowest BCUT2D eigenvalue weighted by Gasteiger charge is -2.40. The molecular weight excluding hydrogens is 679 g/mol. The van der Waals surface area contributed by atoms with Crippen LogP contribution in [-0.2, 0) is 20.8 Å². The number of carbonyl (C=O) groups excluding carboxylic acids is 2. The number of amides is 2. The monoisotopic (exact) mass is 721 g/mol. The number of piperidine rings is 1. The normalized spacial score (nSPS) is 25.5. The Kier molecular flexibility index (Phi) is 9.30. The van der Waals surface area contributed by atoms with E-state index in [-0.39, 0.29) is 61.6 Å². The molecular formula is C35H43ClF3N5O6. The van der Waals surface area contributed by atoms with Crippen LogP contribution in [0.4, 0.5) is 18.0 Å². The third-order valence-electron chi connectivity index (χ3n) is 10.2. The second kappa shape index (κ2) is 12.9. The van der Waals surface area contributed by atoms with Gasteiger partial charge in [0, 0.05) is 18.8 Å². The highest BCUT2D eigenvalue weighted by molar-refractivity contribution is 6.31. The van der Waals surface area contributed by atoms with Gasteiger partial charge < -0.3 is 19.5 Å². The average Bonchev–Trinajstić information content (AvgIpc) is 3.66. The Bertz CT molecular complexity index is 1830. The van der Waals surface area contributed by atoms with Crippen LogP contribution in [0.3, 0.4) is 0 Å². The molecule has 0 radical (unpaired) electrons. The molecule has 3 aliphatic rings. The number of aromatic nitrogens is 3. The van der Waals surface area contributed by atoms with Crippen molar-refractivity contribution in [3.63, 3.8) is 0 Å². The first-order valence-corrected chi connectivity index (χ1v) is 17.3. The second-order valence-corrected chi connectivity index (χ2v) is 15.4. The molecule has 2 aromatic heterocycles. The Morgan fingerprint density at radius 2 is 1.80 bits per heavy atom. The van der Waals surface area contributed by atoms with Gasteiger partial charge >= 0.3 is 12.3 Å². The zero-order valence-corrected chi connectivity index (χ0v) is 29.6. The quantitative estimate of drug-likeness (QED) is 0.338. The van der Waals surface area contributed by atoms with E-state index >= 15 is 0 Å². The molecule has 15 heteroatoms. The van der Waals surface area contributed by atoms with E-state index in [1.165, 1.54) is 28.8 Å². The molecule has 0 unspecified atom stereocenters. The third-order valence-corrected chi connectivity index (χ3v) is 10.5. The summed E-state index contributed by atoms with van der Waals surface area (Å²) in [7, 11) is 0. The summed E-state index contributed by atoms with van der Waals surface area (Å²) in [5.41, 5.74) is -2.11. The first-order chi connectivity index (χ1) is 23.3. The summed E-state index contributed by atoms with van der Waals surface area (Å²) in [5.74, 6) is -2.20. The molecule has 1 saturated carbocycles. The van der Waals surface area contributed by atoms with E-state index in [2.05, 4.69) is 4.98 Å². The van der Waals surface area contributed by atoms with Crippen molar-refractivity contribution in [3.8, 4) is 5.69 Å². The number of hydrogen-bond acceptors (Lipinski definition) is 7. The van der Waals surface area contributed by atoms with E-state index in [1.54, 1.807) is 9.47 Å². The van der Waals surface area contributed by atoms with Crippen molar-refractivity contribution < 1.29 is 37.3 Å². The van der Waals surface area contributed by atoms with Crippen molar-refractivity contribution in [3.05, 3.63) is 57.7 Å². The minimum absolute atomic E-state index is 0.0832. The van der Waals surface area contributed by atoms with Gasteiger partial charge in [0.1, 0.15) is 17.1 Å². The number of halogens is 4. The molecule has 272 valence electrons. The van der Waals surface area contributed by atoms with Crippen LogP contribution in [0.25, 0.3) is 16.7 Å². The van der Waals surface area contributed by atoms with Crippen LogP contribution in [0.5, 0.6) is 0 Å². The summed E-state index contributed by atoms with van der Waals surface area (Å²) >= 11 is 6.65. The number of aliphatic hydroxyl groups is 1. The number of hydrogen-bond donors (Lipinski definition) is 1. The Labute approximate surface area is 292 Å². The van der Waals surface area contributed by atoms with Crippen LogP contribution in [-0.4, -0.2) is 90.7 Å². The molecule has 3 fully saturated rings. The van der Waals surface area contributed by atoms with Crippen molar-refractivity contribution >= 4 is 34.6 Å². The molecule has 1 N–H and O–H groups in total. The SMILES string of the molecule is CC[C@H]1CN(C(=O)OC(C)(C)C)[C@H](c2ccc(-n3c(Cl)cc4c(=O)n(CC5(O)CCN(C(=O)[C@@]6(C)C[C@@H]6C(F)(F)F)CC5)cnc43)cc2)CO1. The molecule has 0 bridgehead atoms. The highest BCUT2D eigenvalue weighted by Gasteiger charge is 2.68. The Hall–Kier alpha value is -3.62. The Morgan fingerprint density at radius 3 is 2.38 bits per heavy atom. The number of morpholine rings is 1. The lowest BCUT2D eigenvalue weighted by molar-refractivity contribution is -0.165. The maximum Gasteiger partial charge on any atom is 0.410 e. The van der Waals surface area contributed by atoms with E-state index in [0.717, 1.165) is 12.0 Å². The van der Waals surface area contributed by atoms with E-state index in [0.29, 0.717) is 24.5 Å². The summed E-state index contributed by atoms with van der Waals surface area (Å²) in [5, 5.41) is 11.8. The molecule has 2 aliphatic heterocycles. The number of carbonyl (C=O) groups is 2. The minimum Gasteiger partial charge on any atom is -0.444 e. The number of likely N-dealkylation sites (tertiary alicyclic amines) is 1. The van der Waals surface area contributed by atoms with Crippen LogP contribution in [0, 0.1) is 11.3 Å². The number of ether oxygens (including phenoxy) is 2. The van der Waals surface area contributed by atoms with Gasteiger partial charge in [0.2, 0.25) is 5.91 Å². The smallest absolute Gasteiger partial charge is 0.410 e. The predicted octanol–water partition coefficient (Wildman–Crippen LogP) is 5.87. The van der Waals surface area contributed by atoms with Gasteiger partial charge in [-0.3, -0.25) is 23.6 Å². The Morgan fingerprint density at radius 1 is 1.14 bits per heavy atom. The van der Waals surface area contributed by atoms with Crippen LogP contribution in [0.1, 0.15) is 71.9 Å². The predicted molar refractivity (Wildman–Crippen MR) is 179 cm³/mol. The van der Waals surface area contributed by atoms with Crippen molar-refractivity contribution in [2.75, 3.05) is 26.2 Å². The molecule has 3 aromatic rings. The van der Waals surface area contributed by atoms with Crippen molar-refractivity contribution in [2.24, 2.45) is 11.3 Å². The molecule has 1 aliphatic carbocycles. The lowest BCUT2D eigenvalue weighted by atomic mass is 9.90. The highest BCUT2D eigenvalue weighted by Crippen LogP contribution is 2.61. The summed E-state index contributed by atoms with van der Waals surface area (Å²) in [6.45, 7) is 9.59. The number of nitrogens with zero attached hydrogens (tertiary/aromatic N) is 5. The molecule has 1 aromatic carbocycles. The van der Waals surface area contributed by atoms with Crippen LogP contribution < -0.4 is 5.56 Å². The minimum atomic E-state index is -4.42. The van der Waals surface area contributed by atoms with Crippen molar-refractivity contribution in [2.45, 2.75) is 96.4 Å². The first-order valence-electron chi connectivity index (χ1n) is 16.9. The van der Waals surface area contributed by atoms with Crippen molar-refractivity contribution in [1.29, 1.82) is 0 Å². The molecule has 4 heterocycles. The number of alkyl halides is 3. The molecule has 11 nitrogen and oxygen atoms in total. The maximum atomic E-state index is 13.6. The van der Waals surface area contributed by atoms with Gasteiger partial charge in [-0.15, -0.1) is 0 Å². The van der Waals surface area contributed by atoms with Crippen molar-refractivity contribution in [1.82, 2.24) is 23.9 Å². The standard InChI is InChI=1S/C35H43ClF3N5O6/c1-6-23-17-43(31(47)50-32(2,3)4)25(18-49-23)21-7-9-22(10-8-21)44-27(36)15-24-28(44)40-20-42(29(24)45)19-34(48)11-13-41(14-12-34)30(46)33(5)16-26(33)35(37,38)39/h7-10,15,20,23,25-26,48H,6,11-14,16-19H2,1-5H3/t23-,25-,26-,33-/m0/s1. The zero-order chi connectivity index (χ0) is 36.4. The fourth-order valence-electron chi connectivity index (χ4n) is 7.09. The van der Waals surface area contributed by atoms with E-state index in [1.807, 2.05) is 52.0 Å². The highest BCUT2D eigenvalue weighted by atomic mass is 35.5. The molecule has 0 spiro atoms. The number of fused-ring (bicyclic) bond motifs is 1. The first kappa shape index (κ1) is 36.2. The molecule has 4 atom stereocenters. The summed E-state index contributed by atoms with van der Waals surface area (Å²) in [6, 6.07) is 8.53. The van der Waals surface area contributed by atoms with Crippen LogP contribution in [0.15, 0.2) is 41.5 Å². The molecule has 2 saturated heterocycles. The van der Waals surface area contributed by atoms with Gasteiger partial charge in [-0.25, -0.2) is 9.78 Å². The second-order valence-electron chi connectivity index (χ2n) is 15.1. The molecule has 2 amide bonds. The maximum absolute atomic E-state index is 13.6. The van der Waals surface area contributed by atoms with Gasteiger partial charge in [0.15, 0.2) is 5.65 Å². The third kappa shape index (κ3) is 6.98. The van der Waals surface area contributed by atoms with Gasteiger partial charge in [-0.2, -0.15) is 13.2 Å². The van der Waals surface area contributed by atoms with Gasteiger partial charge in [-0.05, 0) is 70.2 Å². The lowest BCUT2D eigenvalue weighted by Crippen LogP contribution is -2.51. The van der Waals surface area contributed by atoms with Crippen LogP contribution in [0.2, 0.25) is 5.15 Å². The zero-order valence-electron chi connectivity index (χ0n) is 28.8. The number of rotatable bonds is 6. The van der Waals surface area contributed by atoms with E-state index < -0.39 is 46.3 Å². The van der Waals surface area contributed by atoms with Crippen LogP contribution >= 0.6 is 11.6 Å². The van der Waals surface area contributed by atoms with E-state index in [9.17, 15) is 32.7 Å². The average molecular weight is 722 g/mol. The summed E-state index contributed by atoms with van der Waals surface area (Å²) in [6.07, 6.45) is -2.88. The Balaban J connectivity index is 1.17. The summed E-state index contributed by atoms with van der Waals surface area (Å²) < 4.78 is 54.3.